The molecule has 1 aliphatic rings. The van der Waals surface area contributed by atoms with Gasteiger partial charge < -0.3 is 15.2 Å². The third-order valence-corrected chi connectivity index (χ3v) is 4.21. The molecular formula is C16H12Cl2FNO3. The number of rotatable bonds is 3. The Morgan fingerprint density at radius 2 is 2.04 bits per heavy atom. The van der Waals surface area contributed by atoms with Crippen LogP contribution >= 0.6 is 23.2 Å². The van der Waals surface area contributed by atoms with Crippen LogP contribution in [0.1, 0.15) is 5.56 Å². The average molecular weight is 356 g/mol. The van der Waals surface area contributed by atoms with Crippen molar-refractivity contribution in [1.82, 2.24) is 5.32 Å². The second-order valence-electron chi connectivity index (χ2n) is 5.17. The van der Waals surface area contributed by atoms with Gasteiger partial charge in [0, 0.05) is 23.1 Å². The van der Waals surface area contributed by atoms with Crippen molar-refractivity contribution in [2.75, 3.05) is 6.54 Å². The average Bonchev–Trinajstić information content (AvgIpc) is 2.87. The first-order chi connectivity index (χ1) is 11.0. The largest absolute Gasteiger partial charge is 0.487 e. The van der Waals surface area contributed by atoms with Gasteiger partial charge in [-0.05, 0) is 24.3 Å². The Morgan fingerprint density at radius 3 is 2.70 bits per heavy atom. The number of ether oxygens (including phenoxy) is 1. The highest BCUT2D eigenvalue weighted by Gasteiger charge is 2.28. The molecule has 0 saturated heterocycles. The highest BCUT2D eigenvalue weighted by Crippen LogP contribution is 2.44. The number of fused-ring (bicyclic) bond motifs is 1. The van der Waals surface area contributed by atoms with E-state index >= 15 is 0 Å². The van der Waals surface area contributed by atoms with Gasteiger partial charge in [-0.1, -0.05) is 29.3 Å². The normalized spacial score (nSPS) is 15.9. The Labute approximate surface area is 141 Å². The van der Waals surface area contributed by atoms with Gasteiger partial charge in [0.05, 0.1) is 16.6 Å². The van der Waals surface area contributed by atoms with Crippen molar-refractivity contribution in [2.45, 2.75) is 12.5 Å². The molecule has 2 aromatic carbocycles. The molecule has 0 aromatic heterocycles. The van der Waals surface area contributed by atoms with E-state index < -0.39 is 18.0 Å². The van der Waals surface area contributed by atoms with Crippen molar-refractivity contribution in [3.8, 4) is 16.9 Å². The van der Waals surface area contributed by atoms with Crippen LogP contribution < -0.4 is 10.1 Å². The number of carboxylic acid groups (broad SMARTS) is 1. The molecule has 0 saturated carbocycles. The fourth-order valence-corrected chi connectivity index (χ4v) is 3.25. The molecule has 0 bridgehead atoms. The maximum Gasteiger partial charge on any atom is 0.404 e. The smallest absolute Gasteiger partial charge is 0.404 e. The van der Waals surface area contributed by atoms with Gasteiger partial charge in [0.25, 0.3) is 0 Å². The monoisotopic (exact) mass is 355 g/mol. The zero-order valence-corrected chi connectivity index (χ0v) is 13.3. The van der Waals surface area contributed by atoms with Crippen LogP contribution in [0.3, 0.4) is 0 Å². The van der Waals surface area contributed by atoms with E-state index in [2.05, 4.69) is 5.32 Å². The number of hydrogen-bond acceptors (Lipinski definition) is 2. The minimum Gasteiger partial charge on any atom is -0.487 e. The molecule has 1 atom stereocenters. The summed E-state index contributed by atoms with van der Waals surface area (Å²) in [6.07, 6.45) is -1.13. The van der Waals surface area contributed by atoms with Crippen LogP contribution in [0.25, 0.3) is 11.1 Å². The molecule has 3 rings (SSSR count). The Kier molecular flexibility index (Phi) is 4.33. The van der Waals surface area contributed by atoms with Crippen molar-refractivity contribution in [2.24, 2.45) is 0 Å². The quantitative estimate of drug-likeness (QED) is 0.859. The van der Waals surface area contributed by atoms with E-state index in [1.807, 2.05) is 0 Å². The van der Waals surface area contributed by atoms with Crippen molar-refractivity contribution in [1.29, 1.82) is 0 Å². The summed E-state index contributed by atoms with van der Waals surface area (Å²) >= 11 is 12.4. The zero-order chi connectivity index (χ0) is 16.6. The lowest BCUT2D eigenvalue weighted by molar-refractivity contribution is 0.181. The molecule has 1 unspecified atom stereocenters. The van der Waals surface area contributed by atoms with Crippen LogP contribution in [0.2, 0.25) is 10.0 Å². The first-order valence-electron chi connectivity index (χ1n) is 6.86. The Balaban J connectivity index is 2.01. The molecule has 2 N–H and O–H groups in total. The van der Waals surface area contributed by atoms with Crippen molar-refractivity contribution < 1.29 is 19.0 Å². The molecule has 0 spiro atoms. The van der Waals surface area contributed by atoms with Crippen LogP contribution in [0, 0.1) is 5.82 Å². The Bertz CT molecular complexity index is 762. The number of nitrogens with one attached hydrogen (secondary N) is 1. The lowest BCUT2D eigenvalue weighted by Crippen LogP contribution is -2.33. The molecule has 4 nitrogen and oxygen atoms in total. The number of benzene rings is 2. The predicted molar refractivity (Wildman–Crippen MR) is 86.0 cm³/mol. The molecule has 0 fully saturated rings. The van der Waals surface area contributed by atoms with Crippen LogP contribution in [0.5, 0.6) is 5.75 Å². The summed E-state index contributed by atoms with van der Waals surface area (Å²) in [5, 5.41) is 11.7. The van der Waals surface area contributed by atoms with Gasteiger partial charge in [-0.2, -0.15) is 0 Å². The number of halogens is 3. The third kappa shape index (κ3) is 3.21. The highest BCUT2D eigenvalue weighted by molar-refractivity contribution is 6.39. The molecule has 0 aliphatic carbocycles. The van der Waals surface area contributed by atoms with E-state index in [-0.39, 0.29) is 6.54 Å². The summed E-state index contributed by atoms with van der Waals surface area (Å²) in [5.41, 5.74) is 1.63. The van der Waals surface area contributed by atoms with E-state index in [1.165, 1.54) is 12.1 Å². The Morgan fingerprint density at radius 1 is 1.35 bits per heavy atom. The summed E-state index contributed by atoms with van der Waals surface area (Å²) in [4.78, 5) is 10.6. The molecule has 1 amide bonds. The van der Waals surface area contributed by atoms with Crippen molar-refractivity contribution in [3.05, 3.63) is 51.8 Å². The number of amides is 1. The van der Waals surface area contributed by atoms with E-state index in [0.29, 0.717) is 38.9 Å². The van der Waals surface area contributed by atoms with Crippen LogP contribution in [0.15, 0.2) is 30.3 Å². The van der Waals surface area contributed by atoms with Gasteiger partial charge >= 0.3 is 6.09 Å². The van der Waals surface area contributed by atoms with E-state index in [1.54, 1.807) is 18.2 Å². The summed E-state index contributed by atoms with van der Waals surface area (Å²) < 4.78 is 19.8. The first-order valence-corrected chi connectivity index (χ1v) is 7.61. The van der Waals surface area contributed by atoms with Crippen molar-refractivity contribution >= 4 is 29.3 Å². The van der Waals surface area contributed by atoms with E-state index in [0.717, 1.165) is 0 Å². The number of carbonyl (C=O) groups is 1. The minimum absolute atomic E-state index is 0.112. The summed E-state index contributed by atoms with van der Waals surface area (Å²) in [7, 11) is 0. The summed E-state index contributed by atoms with van der Waals surface area (Å²) in [6, 6.07) is 7.73. The van der Waals surface area contributed by atoms with Crippen LogP contribution in [-0.2, 0) is 6.42 Å². The SMILES string of the molecule is O=C(O)NCC1Cc2cc(F)cc(-c3c(Cl)cccc3Cl)c2O1. The molecule has 7 heteroatoms. The molecule has 23 heavy (non-hydrogen) atoms. The lowest BCUT2D eigenvalue weighted by atomic mass is 10.00. The standard InChI is InChI=1S/C16H12Cl2FNO3/c17-12-2-1-3-13(18)14(12)11-6-9(19)4-8-5-10(23-15(8)11)7-20-16(21)22/h1-4,6,10,20H,5,7H2,(H,21,22). The summed E-state index contributed by atoms with van der Waals surface area (Å²) in [6.45, 7) is 0.112. The molecule has 1 aliphatic heterocycles. The maximum absolute atomic E-state index is 14.0. The summed E-state index contributed by atoms with van der Waals surface area (Å²) in [5.74, 6) is 0.0590. The zero-order valence-electron chi connectivity index (χ0n) is 11.8. The molecule has 0 radical (unpaired) electrons. The first kappa shape index (κ1) is 15.9. The minimum atomic E-state index is -1.13. The predicted octanol–water partition coefficient (Wildman–Crippen LogP) is 4.37. The second-order valence-corrected chi connectivity index (χ2v) is 5.98. The maximum atomic E-state index is 14.0. The second kappa shape index (κ2) is 6.26. The van der Waals surface area contributed by atoms with Crippen LogP contribution in [0.4, 0.5) is 9.18 Å². The van der Waals surface area contributed by atoms with Gasteiger partial charge in [-0.25, -0.2) is 9.18 Å². The fourth-order valence-electron chi connectivity index (χ4n) is 2.65. The fraction of sp³-hybridized carbons (Fsp3) is 0.188. The van der Waals surface area contributed by atoms with Gasteiger partial charge in [0.2, 0.25) is 0 Å². The third-order valence-electron chi connectivity index (χ3n) is 3.58. The van der Waals surface area contributed by atoms with Crippen molar-refractivity contribution in [3.63, 3.8) is 0 Å². The molecule has 2 aromatic rings. The van der Waals surface area contributed by atoms with Gasteiger partial charge in [-0.15, -0.1) is 0 Å². The van der Waals surface area contributed by atoms with E-state index in [9.17, 15) is 9.18 Å². The van der Waals surface area contributed by atoms with Gasteiger partial charge in [-0.3, -0.25) is 0 Å². The molecule has 1 heterocycles. The van der Waals surface area contributed by atoms with Gasteiger partial charge in [0.15, 0.2) is 0 Å². The highest BCUT2D eigenvalue weighted by atomic mass is 35.5. The molecule has 120 valence electrons. The van der Waals surface area contributed by atoms with Crippen LogP contribution in [-0.4, -0.2) is 23.8 Å². The van der Waals surface area contributed by atoms with Gasteiger partial charge in [0.1, 0.15) is 17.7 Å². The Hall–Kier alpha value is -1.98. The molecular weight excluding hydrogens is 344 g/mol. The lowest BCUT2D eigenvalue weighted by Gasteiger charge is -2.14. The topological polar surface area (TPSA) is 58.6 Å². The van der Waals surface area contributed by atoms with E-state index in [4.69, 9.17) is 33.0 Å². The number of hydrogen-bond donors (Lipinski definition) is 2.